The SMILES string of the molecule is CCOC(=O)c1c(NC(=O)CSc2nnc3ccccn23)sc2c1CCC(C)C2. The fraction of sp³-hybridized carbons (Fsp3) is 0.400. The molecule has 3 aromatic rings. The Hall–Kier alpha value is -2.39. The van der Waals surface area contributed by atoms with E-state index in [9.17, 15) is 9.59 Å². The van der Waals surface area contributed by atoms with Crippen LogP contribution in [0.3, 0.4) is 0 Å². The van der Waals surface area contributed by atoms with Crippen molar-refractivity contribution in [1.29, 1.82) is 0 Å². The van der Waals surface area contributed by atoms with E-state index >= 15 is 0 Å². The number of esters is 1. The van der Waals surface area contributed by atoms with Gasteiger partial charge in [-0.05, 0) is 49.8 Å². The molecule has 0 aromatic carbocycles. The summed E-state index contributed by atoms with van der Waals surface area (Å²) in [6, 6.07) is 5.64. The van der Waals surface area contributed by atoms with Crippen molar-refractivity contribution in [3.63, 3.8) is 0 Å². The molecule has 1 aliphatic carbocycles. The summed E-state index contributed by atoms with van der Waals surface area (Å²) in [7, 11) is 0. The van der Waals surface area contributed by atoms with E-state index in [1.807, 2.05) is 28.8 Å². The molecule has 0 radical (unpaired) electrons. The molecule has 0 aliphatic heterocycles. The molecule has 4 rings (SSSR count). The van der Waals surface area contributed by atoms with Crippen molar-refractivity contribution in [1.82, 2.24) is 14.6 Å². The summed E-state index contributed by atoms with van der Waals surface area (Å²) in [6.07, 6.45) is 4.68. The molecule has 0 saturated carbocycles. The summed E-state index contributed by atoms with van der Waals surface area (Å²) in [6.45, 7) is 4.31. The first-order chi connectivity index (χ1) is 14.1. The third-order valence-electron chi connectivity index (χ3n) is 4.86. The fourth-order valence-corrected chi connectivity index (χ4v) is 5.61. The van der Waals surface area contributed by atoms with Crippen LogP contribution in [0.1, 0.15) is 41.1 Å². The second kappa shape index (κ2) is 8.54. The topological polar surface area (TPSA) is 85.6 Å². The molecule has 3 aromatic heterocycles. The minimum absolute atomic E-state index is 0.178. The lowest BCUT2D eigenvalue weighted by Gasteiger charge is -2.18. The Bertz CT molecular complexity index is 1060. The maximum Gasteiger partial charge on any atom is 0.341 e. The number of thiophene rings is 1. The molecular weight excluding hydrogens is 408 g/mol. The van der Waals surface area contributed by atoms with Crippen LogP contribution in [0.25, 0.3) is 5.65 Å². The predicted molar refractivity (Wildman–Crippen MR) is 114 cm³/mol. The Morgan fingerprint density at radius 2 is 2.24 bits per heavy atom. The molecule has 0 spiro atoms. The first kappa shape index (κ1) is 19.9. The van der Waals surface area contributed by atoms with Gasteiger partial charge in [0.25, 0.3) is 0 Å². The van der Waals surface area contributed by atoms with Crippen LogP contribution < -0.4 is 5.32 Å². The van der Waals surface area contributed by atoms with Gasteiger partial charge in [-0.15, -0.1) is 21.5 Å². The lowest BCUT2D eigenvalue weighted by molar-refractivity contribution is -0.113. The molecule has 152 valence electrons. The van der Waals surface area contributed by atoms with Gasteiger partial charge >= 0.3 is 5.97 Å². The van der Waals surface area contributed by atoms with Crippen LogP contribution in [0.2, 0.25) is 0 Å². The zero-order valence-corrected chi connectivity index (χ0v) is 17.9. The molecular formula is C20H22N4O3S2. The molecule has 0 saturated heterocycles. The Labute approximate surface area is 176 Å². The zero-order chi connectivity index (χ0) is 20.4. The number of rotatable bonds is 6. The number of nitrogens with one attached hydrogen (secondary N) is 1. The standard InChI is InChI=1S/C20H22N4O3S2/c1-3-27-19(26)17-13-8-7-12(2)10-14(13)29-18(17)21-16(25)11-28-20-23-22-15-6-4-5-9-24(15)20/h4-6,9,12H,3,7-8,10-11H2,1-2H3,(H,21,25). The van der Waals surface area contributed by atoms with Gasteiger partial charge in [-0.2, -0.15) is 0 Å². The second-order valence-corrected chi connectivity index (χ2v) is 9.07. The first-order valence-electron chi connectivity index (χ1n) is 9.61. The smallest absolute Gasteiger partial charge is 0.341 e. The van der Waals surface area contributed by atoms with E-state index < -0.39 is 0 Å². The van der Waals surface area contributed by atoms with Crippen molar-refractivity contribution in [3.8, 4) is 0 Å². The van der Waals surface area contributed by atoms with Gasteiger partial charge in [0.1, 0.15) is 5.00 Å². The van der Waals surface area contributed by atoms with Gasteiger partial charge in [0.2, 0.25) is 5.91 Å². The number of thioether (sulfide) groups is 1. The van der Waals surface area contributed by atoms with E-state index in [0.717, 1.165) is 30.5 Å². The number of carbonyl (C=O) groups excluding carboxylic acids is 2. The van der Waals surface area contributed by atoms with Crippen LogP contribution in [-0.2, 0) is 22.4 Å². The van der Waals surface area contributed by atoms with Crippen LogP contribution in [0.5, 0.6) is 0 Å². The van der Waals surface area contributed by atoms with Crippen molar-refractivity contribution in [2.24, 2.45) is 5.92 Å². The summed E-state index contributed by atoms with van der Waals surface area (Å²) in [4.78, 5) is 26.4. The van der Waals surface area contributed by atoms with Crippen LogP contribution in [0, 0.1) is 5.92 Å². The summed E-state index contributed by atoms with van der Waals surface area (Å²) >= 11 is 2.81. The molecule has 0 fully saturated rings. The van der Waals surface area contributed by atoms with Gasteiger partial charge in [-0.25, -0.2) is 4.79 Å². The minimum atomic E-state index is -0.356. The number of fused-ring (bicyclic) bond motifs is 2. The number of hydrogen-bond donors (Lipinski definition) is 1. The van der Waals surface area contributed by atoms with Crippen molar-refractivity contribution < 1.29 is 14.3 Å². The summed E-state index contributed by atoms with van der Waals surface area (Å²) in [5.41, 5.74) is 2.31. The van der Waals surface area contributed by atoms with Gasteiger partial charge in [0.05, 0.1) is 17.9 Å². The number of nitrogens with zero attached hydrogens (tertiary/aromatic N) is 3. The average molecular weight is 431 g/mol. The summed E-state index contributed by atoms with van der Waals surface area (Å²) in [5, 5.41) is 12.4. The van der Waals surface area contributed by atoms with E-state index in [1.165, 1.54) is 28.0 Å². The highest BCUT2D eigenvalue weighted by atomic mass is 32.2. The number of pyridine rings is 1. The predicted octanol–water partition coefficient (Wildman–Crippen LogP) is 3.82. The quantitative estimate of drug-likeness (QED) is 0.473. The van der Waals surface area contributed by atoms with E-state index in [2.05, 4.69) is 22.4 Å². The number of anilines is 1. The lowest BCUT2D eigenvalue weighted by atomic mass is 9.88. The number of hydrogen-bond acceptors (Lipinski definition) is 7. The van der Waals surface area contributed by atoms with E-state index in [0.29, 0.717) is 28.2 Å². The number of aromatic nitrogens is 3. The minimum Gasteiger partial charge on any atom is -0.462 e. The maximum absolute atomic E-state index is 12.6. The highest BCUT2D eigenvalue weighted by Gasteiger charge is 2.29. The fourth-order valence-electron chi connectivity index (χ4n) is 3.47. The maximum atomic E-state index is 12.6. The normalized spacial score (nSPS) is 15.9. The molecule has 1 aliphatic rings. The van der Waals surface area contributed by atoms with Crippen molar-refractivity contribution in [2.45, 2.75) is 38.3 Å². The Kier molecular flexibility index (Phi) is 5.86. The van der Waals surface area contributed by atoms with E-state index in [4.69, 9.17) is 4.74 Å². The number of carbonyl (C=O) groups is 2. The average Bonchev–Trinajstić information content (AvgIpc) is 3.27. The van der Waals surface area contributed by atoms with Crippen molar-refractivity contribution in [2.75, 3.05) is 17.7 Å². The largest absolute Gasteiger partial charge is 0.462 e. The van der Waals surface area contributed by atoms with Gasteiger partial charge in [-0.3, -0.25) is 9.20 Å². The van der Waals surface area contributed by atoms with Gasteiger partial charge < -0.3 is 10.1 Å². The first-order valence-corrected chi connectivity index (χ1v) is 11.4. The number of amides is 1. The Morgan fingerprint density at radius 1 is 1.38 bits per heavy atom. The molecule has 7 nitrogen and oxygen atoms in total. The molecule has 9 heteroatoms. The molecule has 1 N–H and O–H groups in total. The monoisotopic (exact) mass is 430 g/mol. The molecule has 1 amide bonds. The molecule has 1 unspecified atom stereocenters. The van der Waals surface area contributed by atoms with E-state index in [1.54, 1.807) is 6.92 Å². The van der Waals surface area contributed by atoms with Gasteiger partial charge in [-0.1, -0.05) is 24.8 Å². The van der Waals surface area contributed by atoms with Crippen LogP contribution >= 0.6 is 23.1 Å². The Morgan fingerprint density at radius 3 is 3.07 bits per heavy atom. The third-order valence-corrected chi connectivity index (χ3v) is 6.97. The highest BCUT2D eigenvalue weighted by Crippen LogP contribution is 2.40. The zero-order valence-electron chi connectivity index (χ0n) is 16.3. The van der Waals surface area contributed by atoms with E-state index in [-0.39, 0.29) is 17.6 Å². The Balaban J connectivity index is 1.50. The second-order valence-electron chi connectivity index (χ2n) is 7.02. The van der Waals surface area contributed by atoms with Crippen molar-refractivity contribution in [3.05, 3.63) is 40.4 Å². The summed E-state index contributed by atoms with van der Waals surface area (Å²) < 4.78 is 7.10. The molecule has 29 heavy (non-hydrogen) atoms. The molecule has 0 bridgehead atoms. The van der Waals surface area contributed by atoms with Crippen molar-refractivity contribution >= 4 is 45.6 Å². The van der Waals surface area contributed by atoms with Crippen LogP contribution in [-0.4, -0.2) is 38.8 Å². The lowest BCUT2D eigenvalue weighted by Crippen LogP contribution is -2.17. The third kappa shape index (κ3) is 4.16. The van der Waals surface area contributed by atoms with Gasteiger partial charge in [0, 0.05) is 11.1 Å². The number of ether oxygens (including phenoxy) is 1. The van der Waals surface area contributed by atoms with Crippen LogP contribution in [0.4, 0.5) is 5.00 Å². The summed E-state index contributed by atoms with van der Waals surface area (Å²) in [5.74, 6) is 0.221. The van der Waals surface area contributed by atoms with Crippen LogP contribution in [0.15, 0.2) is 29.6 Å². The van der Waals surface area contributed by atoms with Gasteiger partial charge in [0.15, 0.2) is 10.8 Å². The molecule has 3 heterocycles. The molecule has 1 atom stereocenters. The highest BCUT2D eigenvalue weighted by molar-refractivity contribution is 7.99.